The Bertz CT molecular complexity index is 1020. The summed E-state index contributed by atoms with van der Waals surface area (Å²) in [7, 11) is -2.46. The molecule has 0 spiro atoms. The van der Waals surface area contributed by atoms with Gasteiger partial charge in [-0.3, -0.25) is 0 Å². The average Bonchev–Trinajstić information content (AvgIpc) is 2.68. The van der Waals surface area contributed by atoms with Crippen LogP contribution >= 0.6 is 0 Å². The summed E-state index contributed by atoms with van der Waals surface area (Å²) in [6, 6.07) is 13.2. The van der Waals surface area contributed by atoms with Crippen LogP contribution in [0.25, 0.3) is 0 Å². The first-order valence-electron chi connectivity index (χ1n) is 9.69. The van der Waals surface area contributed by atoms with E-state index in [9.17, 15) is 12.6 Å². The normalized spacial score (nSPS) is 22.6. The third-order valence-corrected chi connectivity index (χ3v) is 8.41. The molecular formula is C21H26N2O3S2. The molecule has 2 aromatic rings. The van der Waals surface area contributed by atoms with Crippen molar-refractivity contribution in [1.29, 1.82) is 0 Å². The number of nitrogens with zero attached hydrogens (tertiary/aromatic N) is 2. The molecule has 0 radical (unpaired) electrons. The summed E-state index contributed by atoms with van der Waals surface area (Å²) >= 11 is 0. The Morgan fingerprint density at radius 2 is 1.82 bits per heavy atom. The fourth-order valence-corrected chi connectivity index (χ4v) is 6.21. The molecule has 2 unspecified atom stereocenters. The van der Waals surface area contributed by atoms with Crippen LogP contribution in [-0.2, 0) is 20.6 Å². The lowest BCUT2D eigenvalue weighted by Gasteiger charge is -2.37. The van der Waals surface area contributed by atoms with E-state index < -0.39 is 20.6 Å². The molecule has 0 N–H and O–H groups in total. The lowest BCUT2D eigenvalue weighted by molar-refractivity contribution is 0.178. The van der Waals surface area contributed by atoms with Crippen LogP contribution in [0.1, 0.15) is 25.7 Å². The van der Waals surface area contributed by atoms with E-state index in [0.717, 1.165) is 35.8 Å². The van der Waals surface area contributed by atoms with Crippen LogP contribution in [0, 0.1) is 0 Å². The van der Waals surface area contributed by atoms with Crippen LogP contribution in [0.4, 0.5) is 11.4 Å². The summed E-state index contributed by atoms with van der Waals surface area (Å²) in [4.78, 5) is 6.32. The number of likely N-dealkylation sites (tertiary alicyclic amines) is 1. The quantitative estimate of drug-likeness (QED) is 0.760. The Balaban J connectivity index is 1.74. The molecule has 1 fully saturated rings. The van der Waals surface area contributed by atoms with E-state index in [4.69, 9.17) is 0 Å². The highest BCUT2D eigenvalue weighted by Gasteiger charge is 2.30. The number of hydrogen-bond acceptors (Lipinski definition) is 5. The van der Waals surface area contributed by atoms with Crippen molar-refractivity contribution >= 4 is 32.0 Å². The fourth-order valence-electron chi connectivity index (χ4n) is 4.21. The van der Waals surface area contributed by atoms with Gasteiger partial charge in [0.25, 0.3) is 0 Å². The number of para-hydroxylation sites is 1. The fraction of sp³-hybridized carbons (Fsp3) is 0.429. The van der Waals surface area contributed by atoms with Gasteiger partial charge in [-0.1, -0.05) is 18.6 Å². The topological polar surface area (TPSA) is 57.7 Å². The van der Waals surface area contributed by atoms with Crippen LogP contribution in [-0.4, -0.2) is 50.0 Å². The van der Waals surface area contributed by atoms with Crippen molar-refractivity contribution in [3.8, 4) is 0 Å². The Morgan fingerprint density at radius 1 is 1.07 bits per heavy atom. The van der Waals surface area contributed by atoms with Gasteiger partial charge in [-0.2, -0.15) is 0 Å². The molecule has 2 heterocycles. The van der Waals surface area contributed by atoms with Gasteiger partial charge >= 0.3 is 0 Å². The summed E-state index contributed by atoms with van der Waals surface area (Å²) < 4.78 is 37.3. The number of rotatable bonds is 4. The second-order valence-electron chi connectivity index (χ2n) is 7.71. The zero-order valence-corrected chi connectivity index (χ0v) is 17.9. The van der Waals surface area contributed by atoms with E-state index >= 15 is 0 Å². The lowest BCUT2D eigenvalue weighted by atomic mass is 9.99. The summed E-state index contributed by atoms with van der Waals surface area (Å²) in [5.41, 5.74) is 1.66. The van der Waals surface area contributed by atoms with Crippen LogP contribution in [0.5, 0.6) is 0 Å². The molecule has 4 rings (SSSR count). The van der Waals surface area contributed by atoms with Crippen molar-refractivity contribution in [2.45, 2.75) is 46.4 Å². The second kappa shape index (κ2) is 7.61. The number of sulfone groups is 1. The van der Waals surface area contributed by atoms with Gasteiger partial charge in [0.1, 0.15) is 0 Å². The number of hydrogen-bond donors (Lipinski definition) is 0. The predicted molar refractivity (Wildman–Crippen MR) is 113 cm³/mol. The van der Waals surface area contributed by atoms with Gasteiger partial charge < -0.3 is 9.80 Å². The molecule has 0 amide bonds. The molecule has 2 aliphatic rings. The maximum atomic E-state index is 13.1. The Kier molecular flexibility index (Phi) is 5.33. The van der Waals surface area contributed by atoms with E-state index in [1.165, 1.54) is 25.5 Å². The third-order valence-electron chi connectivity index (χ3n) is 5.81. The molecule has 0 aromatic heterocycles. The zero-order chi connectivity index (χ0) is 19.9. The molecule has 0 aliphatic carbocycles. The van der Waals surface area contributed by atoms with Crippen molar-refractivity contribution in [3.63, 3.8) is 0 Å². The first kappa shape index (κ1) is 19.6. The summed E-state index contributed by atoms with van der Waals surface area (Å²) in [5, 5.41) is 0. The highest BCUT2D eigenvalue weighted by atomic mass is 32.2. The number of anilines is 2. The molecule has 0 saturated carbocycles. The predicted octanol–water partition coefficient (Wildman–Crippen LogP) is 3.58. The second-order valence-corrected chi connectivity index (χ2v) is 11.1. The molecule has 2 aliphatic heterocycles. The standard InChI is InChI=1S/C21H26N2O3S2/c1-22-13-6-5-7-16(22)12-14-23-18-8-3-4-9-20(18)27(24)21-11-10-17(15-19(21)23)28(2,25)26/h3-4,8-11,15-16H,5-7,12-14H2,1-2H3. The van der Waals surface area contributed by atoms with E-state index in [-0.39, 0.29) is 4.90 Å². The maximum Gasteiger partial charge on any atom is 0.175 e. The maximum absolute atomic E-state index is 13.1. The first-order chi connectivity index (χ1) is 13.4. The van der Waals surface area contributed by atoms with E-state index in [0.29, 0.717) is 10.9 Å². The van der Waals surface area contributed by atoms with Crippen LogP contribution in [0.3, 0.4) is 0 Å². The SMILES string of the molecule is CN1CCCCC1CCN1c2ccccc2S(=O)c2ccc(S(C)(=O)=O)cc21. The van der Waals surface area contributed by atoms with E-state index in [2.05, 4.69) is 16.8 Å². The van der Waals surface area contributed by atoms with E-state index in [1.54, 1.807) is 18.2 Å². The highest BCUT2D eigenvalue weighted by Crippen LogP contribution is 2.43. The monoisotopic (exact) mass is 418 g/mol. The van der Waals surface area contributed by atoms with Crippen LogP contribution in [0.15, 0.2) is 57.2 Å². The Hall–Kier alpha value is -1.70. The Morgan fingerprint density at radius 3 is 2.57 bits per heavy atom. The number of benzene rings is 2. The summed E-state index contributed by atoms with van der Waals surface area (Å²) in [6.45, 7) is 1.89. The molecule has 7 heteroatoms. The smallest absolute Gasteiger partial charge is 0.175 e. The summed E-state index contributed by atoms with van der Waals surface area (Å²) in [6.07, 6.45) is 5.89. The summed E-state index contributed by atoms with van der Waals surface area (Å²) in [5.74, 6) is 0. The molecule has 2 atom stereocenters. The first-order valence-corrected chi connectivity index (χ1v) is 12.7. The number of fused-ring (bicyclic) bond motifs is 2. The van der Waals surface area contributed by atoms with Gasteiger partial charge in [0.05, 0.1) is 36.9 Å². The molecular weight excluding hydrogens is 392 g/mol. The van der Waals surface area contributed by atoms with Crippen LogP contribution < -0.4 is 4.90 Å². The van der Waals surface area contributed by atoms with Gasteiger partial charge in [-0.25, -0.2) is 12.6 Å². The van der Waals surface area contributed by atoms with E-state index in [1.807, 2.05) is 24.3 Å². The van der Waals surface area contributed by atoms with Crippen molar-refractivity contribution in [2.75, 3.05) is 31.3 Å². The van der Waals surface area contributed by atoms with Crippen molar-refractivity contribution in [1.82, 2.24) is 4.90 Å². The van der Waals surface area contributed by atoms with Crippen molar-refractivity contribution in [2.24, 2.45) is 0 Å². The zero-order valence-electron chi connectivity index (χ0n) is 16.3. The minimum Gasteiger partial charge on any atom is -0.339 e. The Labute approximate surface area is 169 Å². The molecule has 0 bridgehead atoms. The molecule has 28 heavy (non-hydrogen) atoms. The lowest BCUT2D eigenvalue weighted by Crippen LogP contribution is -2.39. The van der Waals surface area contributed by atoms with Gasteiger partial charge in [0.2, 0.25) is 0 Å². The van der Waals surface area contributed by atoms with Gasteiger partial charge in [0, 0.05) is 18.8 Å². The number of piperidine rings is 1. The molecule has 1 saturated heterocycles. The minimum absolute atomic E-state index is 0.266. The molecule has 150 valence electrons. The van der Waals surface area contributed by atoms with Gasteiger partial charge in [-0.15, -0.1) is 0 Å². The van der Waals surface area contributed by atoms with Gasteiger partial charge in [0.15, 0.2) is 9.84 Å². The third kappa shape index (κ3) is 3.63. The average molecular weight is 419 g/mol. The largest absolute Gasteiger partial charge is 0.339 e. The van der Waals surface area contributed by atoms with Crippen molar-refractivity contribution < 1.29 is 12.6 Å². The van der Waals surface area contributed by atoms with Crippen molar-refractivity contribution in [3.05, 3.63) is 42.5 Å². The van der Waals surface area contributed by atoms with Gasteiger partial charge in [-0.05, 0) is 63.2 Å². The minimum atomic E-state index is -3.33. The highest BCUT2D eigenvalue weighted by molar-refractivity contribution is 7.90. The molecule has 2 aromatic carbocycles. The van der Waals surface area contributed by atoms with Crippen LogP contribution in [0.2, 0.25) is 0 Å². The molecule has 5 nitrogen and oxygen atoms in total.